The molecule has 158 valence electrons. The standard InChI is InChI=1S/C24H22N2O4S/c1-14-9-15(2)11-17(10-14)26-22(27)19-7-5-6-8-21(19)25-24(26)31-13-18-12-20(16(3)30-18)23(28)29-4/h5-12H,13H2,1-4H3. The Labute approximate surface area is 183 Å². The number of hydrogen-bond donors (Lipinski definition) is 0. The molecule has 0 radical (unpaired) electrons. The zero-order chi connectivity index (χ0) is 22.1. The van der Waals surface area contributed by atoms with Gasteiger partial charge in [0, 0.05) is 0 Å². The number of aromatic nitrogens is 2. The van der Waals surface area contributed by atoms with E-state index in [9.17, 15) is 9.59 Å². The molecule has 0 aliphatic heterocycles. The summed E-state index contributed by atoms with van der Waals surface area (Å²) < 4.78 is 12.2. The number of thioether (sulfide) groups is 1. The molecular formula is C24H22N2O4S. The third kappa shape index (κ3) is 4.14. The van der Waals surface area contributed by atoms with Gasteiger partial charge in [-0.1, -0.05) is 30.0 Å². The molecule has 0 aliphatic rings. The molecule has 0 saturated carbocycles. The van der Waals surface area contributed by atoms with Crippen LogP contribution in [0.2, 0.25) is 0 Å². The number of nitrogens with zero attached hydrogens (tertiary/aromatic N) is 2. The summed E-state index contributed by atoms with van der Waals surface area (Å²) in [6.45, 7) is 5.73. The van der Waals surface area contributed by atoms with Crippen molar-refractivity contribution in [3.8, 4) is 5.69 Å². The molecule has 6 nitrogen and oxygen atoms in total. The van der Waals surface area contributed by atoms with Crippen molar-refractivity contribution in [2.45, 2.75) is 31.7 Å². The lowest BCUT2D eigenvalue weighted by atomic mass is 10.1. The van der Waals surface area contributed by atoms with Crippen molar-refractivity contribution in [1.82, 2.24) is 9.55 Å². The SMILES string of the molecule is COC(=O)c1cc(CSc2nc3ccccc3c(=O)n2-c2cc(C)cc(C)c2)oc1C. The van der Waals surface area contributed by atoms with Gasteiger partial charge in [0.05, 0.1) is 29.5 Å². The second-order valence-electron chi connectivity index (χ2n) is 7.36. The van der Waals surface area contributed by atoms with Crippen molar-refractivity contribution >= 4 is 28.6 Å². The Hall–Kier alpha value is -3.32. The number of methoxy groups -OCH3 is 1. The minimum atomic E-state index is -0.437. The van der Waals surface area contributed by atoms with Crippen molar-refractivity contribution in [2.75, 3.05) is 7.11 Å². The second kappa shape index (κ2) is 8.43. The number of fused-ring (bicyclic) bond motifs is 1. The quantitative estimate of drug-likeness (QED) is 0.250. The molecule has 0 saturated heterocycles. The van der Waals surface area contributed by atoms with E-state index in [-0.39, 0.29) is 5.56 Å². The molecule has 7 heteroatoms. The van der Waals surface area contributed by atoms with Crippen LogP contribution in [0.15, 0.2) is 62.9 Å². The molecule has 4 aromatic rings. The van der Waals surface area contributed by atoms with Gasteiger partial charge in [0.15, 0.2) is 5.16 Å². The Balaban J connectivity index is 1.80. The average molecular weight is 435 g/mol. The lowest BCUT2D eigenvalue weighted by Crippen LogP contribution is -2.22. The number of carbonyl (C=O) groups excluding carboxylic acids is 1. The number of hydrogen-bond acceptors (Lipinski definition) is 6. The predicted octanol–water partition coefficient (Wildman–Crippen LogP) is 4.98. The molecular weight excluding hydrogens is 412 g/mol. The first-order valence-corrected chi connectivity index (χ1v) is 10.8. The molecule has 2 aromatic heterocycles. The molecule has 0 amide bonds. The summed E-state index contributed by atoms with van der Waals surface area (Å²) in [6, 6.07) is 15.0. The smallest absolute Gasteiger partial charge is 0.341 e. The van der Waals surface area contributed by atoms with E-state index in [1.165, 1.54) is 18.9 Å². The summed E-state index contributed by atoms with van der Waals surface area (Å²) in [5.74, 6) is 1.08. The molecule has 0 N–H and O–H groups in total. The minimum absolute atomic E-state index is 0.121. The van der Waals surface area contributed by atoms with Crippen molar-refractivity contribution in [2.24, 2.45) is 0 Å². The maximum atomic E-state index is 13.4. The van der Waals surface area contributed by atoms with Crippen molar-refractivity contribution in [3.63, 3.8) is 0 Å². The first-order chi connectivity index (χ1) is 14.9. The third-order valence-electron chi connectivity index (χ3n) is 4.93. The average Bonchev–Trinajstić information content (AvgIpc) is 3.11. The highest BCUT2D eigenvalue weighted by Gasteiger charge is 2.18. The van der Waals surface area contributed by atoms with E-state index in [0.717, 1.165) is 16.8 Å². The van der Waals surface area contributed by atoms with E-state index in [1.807, 2.05) is 44.2 Å². The summed E-state index contributed by atoms with van der Waals surface area (Å²) in [7, 11) is 1.34. The van der Waals surface area contributed by atoms with Crippen LogP contribution >= 0.6 is 11.8 Å². The molecule has 0 aliphatic carbocycles. The fourth-order valence-electron chi connectivity index (χ4n) is 3.58. The van der Waals surface area contributed by atoms with Gasteiger partial charge in [-0.15, -0.1) is 0 Å². The summed E-state index contributed by atoms with van der Waals surface area (Å²) in [4.78, 5) is 30.0. The molecule has 0 unspecified atom stereocenters. The van der Waals surface area contributed by atoms with E-state index >= 15 is 0 Å². The van der Waals surface area contributed by atoms with Crippen LogP contribution in [-0.2, 0) is 10.5 Å². The van der Waals surface area contributed by atoms with Gasteiger partial charge in [-0.2, -0.15) is 0 Å². The van der Waals surface area contributed by atoms with Crippen molar-refractivity contribution < 1.29 is 13.9 Å². The third-order valence-corrected chi connectivity index (χ3v) is 5.89. The number of para-hydroxylation sites is 1. The molecule has 0 bridgehead atoms. The second-order valence-corrected chi connectivity index (χ2v) is 8.30. The Kier molecular flexibility index (Phi) is 5.69. The topological polar surface area (TPSA) is 74.3 Å². The Morgan fingerprint density at radius 1 is 1.10 bits per heavy atom. The maximum Gasteiger partial charge on any atom is 0.341 e. The van der Waals surface area contributed by atoms with Crippen LogP contribution in [-0.4, -0.2) is 22.6 Å². The molecule has 0 atom stereocenters. The molecule has 0 spiro atoms. The van der Waals surface area contributed by atoms with Gasteiger partial charge in [0.1, 0.15) is 17.1 Å². The zero-order valence-corrected chi connectivity index (χ0v) is 18.6. The van der Waals surface area contributed by atoms with E-state index < -0.39 is 5.97 Å². The van der Waals surface area contributed by atoms with Gasteiger partial charge >= 0.3 is 5.97 Å². The lowest BCUT2D eigenvalue weighted by molar-refractivity contribution is 0.0599. The van der Waals surface area contributed by atoms with Crippen LogP contribution in [0.25, 0.3) is 16.6 Å². The highest BCUT2D eigenvalue weighted by molar-refractivity contribution is 7.98. The first kappa shape index (κ1) is 20.9. The van der Waals surface area contributed by atoms with E-state index in [2.05, 4.69) is 6.07 Å². The van der Waals surface area contributed by atoms with Crippen LogP contribution < -0.4 is 5.56 Å². The Bertz CT molecular complexity index is 1330. The number of furan rings is 1. The van der Waals surface area contributed by atoms with E-state index in [1.54, 1.807) is 23.6 Å². The normalized spacial score (nSPS) is 11.1. The van der Waals surface area contributed by atoms with Gasteiger partial charge in [-0.25, -0.2) is 9.78 Å². The number of aryl methyl sites for hydroxylation is 3. The van der Waals surface area contributed by atoms with Gasteiger partial charge in [-0.05, 0) is 62.2 Å². The van der Waals surface area contributed by atoms with Crippen LogP contribution in [0, 0.1) is 20.8 Å². The first-order valence-electron chi connectivity index (χ1n) is 9.78. The maximum absolute atomic E-state index is 13.4. The largest absolute Gasteiger partial charge is 0.465 e. The fraction of sp³-hybridized carbons (Fsp3) is 0.208. The fourth-order valence-corrected chi connectivity index (χ4v) is 4.47. The number of ether oxygens (including phenoxy) is 1. The summed E-state index contributed by atoms with van der Waals surface area (Å²) >= 11 is 1.38. The number of esters is 1. The Morgan fingerprint density at radius 3 is 2.52 bits per heavy atom. The summed E-state index contributed by atoms with van der Waals surface area (Å²) in [6.07, 6.45) is 0. The summed E-state index contributed by atoms with van der Waals surface area (Å²) in [5, 5.41) is 1.12. The van der Waals surface area contributed by atoms with Crippen molar-refractivity contribution in [3.05, 3.63) is 87.1 Å². The number of benzene rings is 2. The molecule has 2 aromatic carbocycles. The summed E-state index contributed by atoms with van der Waals surface area (Å²) in [5.41, 5.74) is 3.82. The van der Waals surface area contributed by atoms with Gasteiger partial charge < -0.3 is 9.15 Å². The molecule has 31 heavy (non-hydrogen) atoms. The molecule has 2 heterocycles. The van der Waals surface area contributed by atoms with Gasteiger partial charge in [0.2, 0.25) is 0 Å². The number of rotatable bonds is 5. The minimum Gasteiger partial charge on any atom is -0.465 e. The highest BCUT2D eigenvalue weighted by Crippen LogP contribution is 2.27. The van der Waals surface area contributed by atoms with Crippen molar-refractivity contribution in [1.29, 1.82) is 0 Å². The van der Waals surface area contributed by atoms with Crippen LogP contribution in [0.1, 0.15) is 33.0 Å². The zero-order valence-electron chi connectivity index (χ0n) is 17.8. The van der Waals surface area contributed by atoms with Gasteiger partial charge in [-0.3, -0.25) is 9.36 Å². The van der Waals surface area contributed by atoms with E-state index in [0.29, 0.717) is 38.9 Å². The number of carbonyl (C=O) groups is 1. The van der Waals surface area contributed by atoms with E-state index in [4.69, 9.17) is 14.1 Å². The Morgan fingerprint density at radius 2 is 1.81 bits per heavy atom. The van der Waals surface area contributed by atoms with Crippen LogP contribution in [0.3, 0.4) is 0 Å². The van der Waals surface area contributed by atoms with Gasteiger partial charge in [0.25, 0.3) is 5.56 Å². The predicted molar refractivity (Wildman–Crippen MR) is 121 cm³/mol. The lowest BCUT2D eigenvalue weighted by Gasteiger charge is -2.14. The molecule has 0 fully saturated rings. The highest BCUT2D eigenvalue weighted by atomic mass is 32.2. The molecule has 4 rings (SSSR count). The monoisotopic (exact) mass is 434 g/mol. The van der Waals surface area contributed by atoms with Crippen LogP contribution in [0.4, 0.5) is 0 Å². The van der Waals surface area contributed by atoms with Crippen LogP contribution in [0.5, 0.6) is 0 Å².